The zero-order valence-electron chi connectivity index (χ0n) is 10.2. The van der Waals surface area contributed by atoms with Gasteiger partial charge >= 0.3 is 0 Å². The van der Waals surface area contributed by atoms with Gasteiger partial charge < -0.3 is 4.98 Å². The molecule has 0 aliphatic carbocycles. The van der Waals surface area contributed by atoms with Crippen LogP contribution in [0.25, 0.3) is 0 Å². The standard InChI is InChI=1S/C11H14N4O3/c1-8(4-12)6-14(2)7-11(16)10-3-9(5-13-10)15(17)18/h3,5,8,13H,6-7H2,1-2H3. The highest BCUT2D eigenvalue weighted by Crippen LogP contribution is 2.12. The molecular weight excluding hydrogens is 236 g/mol. The SMILES string of the molecule is CC(C#N)CN(C)CC(=O)c1cc([N+](=O)[O-])c[nH]1. The number of hydrogen-bond acceptors (Lipinski definition) is 5. The Labute approximate surface area is 104 Å². The van der Waals surface area contributed by atoms with Gasteiger partial charge in [0.1, 0.15) is 0 Å². The number of aromatic nitrogens is 1. The Morgan fingerprint density at radius 3 is 2.89 bits per heavy atom. The Bertz CT molecular complexity index is 489. The summed E-state index contributed by atoms with van der Waals surface area (Å²) >= 11 is 0. The zero-order valence-corrected chi connectivity index (χ0v) is 10.2. The molecular formula is C11H14N4O3. The Kier molecular flexibility index (Phi) is 4.57. The summed E-state index contributed by atoms with van der Waals surface area (Å²) in [5.74, 6) is -0.406. The average molecular weight is 250 g/mol. The van der Waals surface area contributed by atoms with E-state index in [1.807, 2.05) is 0 Å². The molecule has 0 saturated heterocycles. The molecule has 1 N–H and O–H groups in total. The van der Waals surface area contributed by atoms with Crippen molar-refractivity contribution in [3.8, 4) is 6.07 Å². The molecule has 0 spiro atoms. The molecule has 96 valence electrons. The molecule has 0 bridgehead atoms. The Hall–Kier alpha value is -2.20. The third-order valence-electron chi connectivity index (χ3n) is 2.40. The highest BCUT2D eigenvalue weighted by molar-refractivity contribution is 5.96. The minimum Gasteiger partial charge on any atom is -0.353 e. The molecule has 0 aliphatic heterocycles. The lowest BCUT2D eigenvalue weighted by Crippen LogP contribution is -2.29. The lowest BCUT2D eigenvalue weighted by Gasteiger charge is -2.16. The average Bonchev–Trinajstić information content (AvgIpc) is 2.77. The van der Waals surface area contributed by atoms with Crippen molar-refractivity contribution in [2.45, 2.75) is 6.92 Å². The molecule has 7 heteroatoms. The molecule has 7 nitrogen and oxygen atoms in total. The van der Waals surface area contributed by atoms with Gasteiger partial charge in [-0.05, 0) is 14.0 Å². The molecule has 0 aliphatic rings. The number of Topliss-reactive ketones (excluding diaryl/α,β-unsaturated/α-hetero) is 1. The zero-order chi connectivity index (χ0) is 13.7. The Morgan fingerprint density at radius 1 is 1.72 bits per heavy atom. The molecule has 0 saturated carbocycles. The largest absolute Gasteiger partial charge is 0.353 e. The van der Waals surface area contributed by atoms with Crippen LogP contribution in [0.3, 0.4) is 0 Å². The summed E-state index contributed by atoms with van der Waals surface area (Å²) in [5, 5.41) is 19.1. The van der Waals surface area contributed by atoms with Crippen molar-refractivity contribution in [3.05, 3.63) is 28.1 Å². The van der Waals surface area contributed by atoms with Crippen molar-refractivity contribution in [2.75, 3.05) is 20.1 Å². The fourth-order valence-electron chi connectivity index (χ4n) is 1.55. The van der Waals surface area contributed by atoms with Gasteiger partial charge in [0, 0.05) is 12.6 Å². The van der Waals surface area contributed by atoms with E-state index in [2.05, 4.69) is 11.1 Å². The number of ketones is 1. The van der Waals surface area contributed by atoms with Gasteiger partial charge in [-0.1, -0.05) is 0 Å². The van der Waals surface area contributed by atoms with Crippen LogP contribution in [-0.2, 0) is 0 Å². The molecule has 1 heterocycles. The molecule has 0 amide bonds. The van der Waals surface area contributed by atoms with Crippen molar-refractivity contribution < 1.29 is 9.72 Å². The van der Waals surface area contributed by atoms with Crippen LogP contribution in [0.15, 0.2) is 12.3 Å². The number of nitrogens with zero attached hydrogens (tertiary/aromatic N) is 3. The van der Waals surface area contributed by atoms with Crippen LogP contribution >= 0.6 is 0 Å². The van der Waals surface area contributed by atoms with E-state index in [1.54, 1.807) is 18.9 Å². The lowest BCUT2D eigenvalue weighted by atomic mass is 10.2. The van der Waals surface area contributed by atoms with Gasteiger partial charge in [0.05, 0.1) is 35.3 Å². The number of H-pyrrole nitrogens is 1. The van der Waals surface area contributed by atoms with E-state index >= 15 is 0 Å². The monoisotopic (exact) mass is 250 g/mol. The summed E-state index contributed by atoms with van der Waals surface area (Å²) in [7, 11) is 1.73. The molecule has 0 fully saturated rings. The van der Waals surface area contributed by atoms with Crippen LogP contribution in [0.5, 0.6) is 0 Å². The van der Waals surface area contributed by atoms with E-state index in [1.165, 1.54) is 12.3 Å². The minimum atomic E-state index is -0.561. The molecule has 0 radical (unpaired) electrons. The number of nitrogens with one attached hydrogen (secondary N) is 1. The van der Waals surface area contributed by atoms with E-state index in [0.717, 1.165) is 0 Å². The smallest absolute Gasteiger partial charge is 0.287 e. The maximum absolute atomic E-state index is 11.8. The second-order valence-corrected chi connectivity index (χ2v) is 4.18. The van der Waals surface area contributed by atoms with Gasteiger partial charge in [-0.2, -0.15) is 5.26 Å². The fourth-order valence-corrected chi connectivity index (χ4v) is 1.55. The Balaban J connectivity index is 2.59. The number of hydrogen-bond donors (Lipinski definition) is 1. The fraction of sp³-hybridized carbons (Fsp3) is 0.455. The molecule has 1 unspecified atom stereocenters. The normalized spacial score (nSPS) is 12.1. The molecule has 1 rings (SSSR count). The maximum atomic E-state index is 11.8. The van der Waals surface area contributed by atoms with Gasteiger partial charge in [0.25, 0.3) is 5.69 Å². The number of nitro groups is 1. The maximum Gasteiger partial charge on any atom is 0.287 e. The molecule has 18 heavy (non-hydrogen) atoms. The van der Waals surface area contributed by atoms with Crippen molar-refractivity contribution in [3.63, 3.8) is 0 Å². The van der Waals surface area contributed by atoms with Crippen molar-refractivity contribution >= 4 is 11.5 Å². The predicted molar refractivity (Wildman–Crippen MR) is 64.1 cm³/mol. The van der Waals surface area contributed by atoms with Crippen molar-refractivity contribution in [2.24, 2.45) is 5.92 Å². The van der Waals surface area contributed by atoms with E-state index in [4.69, 9.17) is 5.26 Å². The summed E-state index contributed by atoms with van der Waals surface area (Å²) in [6, 6.07) is 3.29. The summed E-state index contributed by atoms with van der Waals surface area (Å²) in [4.78, 5) is 26.0. The highest BCUT2D eigenvalue weighted by Gasteiger charge is 2.16. The van der Waals surface area contributed by atoms with Crippen LogP contribution < -0.4 is 0 Å². The van der Waals surface area contributed by atoms with E-state index in [-0.39, 0.29) is 29.6 Å². The number of aromatic amines is 1. The second kappa shape index (κ2) is 5.93. The van der Waals surface area contributed by atoms with E-state index in [9.17, 15) is 14.9 Å². The van der Waals surface area contributed by atoms with Crippen LogP contribution in [0.2, 0.25) is 0 Å². The van der Waals surface area contributed by atoms with Crippen LogP contribution in [0.4, 0.5) is 5.69 Å². The number of likely N-dealkylation sites (N-methyl/N-ethyl adjacent to an activating group) is 1. The first-order valence-corrected chi connectivity index (χ1v) is 5.38. The lowest BCUT2D eigenvalue weighted by molar-refractivity contribution is -0.384. The van der Waals surface area contributed by atoms with Crippen LogP contribution in [-0.4, -0.2) is 40.7 Å². The summed E-state index contributed by atoms with van der Waals surface area (Å²) < 4.78 is 0. The summed E-state index contributed by atoms with van der Waals surface area (Å²) in [6.07, 6.45) is 1.19. The highest BCUT2D eigenvalue weighted by atomic mass is 16.6. The van der Waals surface area contributed by atoms with E-state index in [0.29, 0.717) is 6.54 Å². The summed E-state index contributed by atoms with van der Waals surface area (Å²) in [5.41, 5.74) is 0.0737. The molecule has 1 aromatic heterocycles. The molecule has 0 aromatic carbocycles. The molecule has 1 aromatic rings. The number of rotatable bonds is 6. The van der Waals surface area contributed by atoms with Gasteiger partial charge in [-0.15, -0.1) is 0 Å². The molecule has 1 atom stereocenters. The van der Waals surface area contributed by atoms with Gasteiger partial charge in [0.15, 0.2) is 5.78 Å². The first-order chi connectivity index (χ1) is 8.43. The first-order valence-electron chi connectivity index (χ1n) is 5.38. The third-order valence-corrected chi connectivity index (χ3v) is 2.40. The van der Waals surface area contributed by atoms with Crippen LogP contribution in [0.1, 0.15) is 17.4 Å². The number of carbonyl (C=O) groups excluding carboxylic acids is 1. The first kappa shape index (κ1) is 13.9. The topological polar surface area (TPSA) is 103 Å². The quantitative estimate of drug-likeness (QED) is 0.464. The predicted octanol–water partition coefficient (Wildman–Crippen LogP) is 1.20. The van der Waals surface area contributed by atoms with Gasteiger partial charge in [-0.3, -0.25) is 19.8 Å². The summed E-state index contributed by atoms with van der Waals surface area (Å²) in [6.45, 7) is 2.36. The van der Waals surface area contributed by atoms with Gasteiger partial charge in [0.2, 0.25) is 0 Å². The van der Waals surface area contributed by atoms with E-state index < -0.39 is 4.92 Å². The Morgan fingerprint density at radius 2 is 2.39 bits per heavy atom. The van der Waals surface area contributed by atoms with Gasteiger partial charge in [-0.25, -0.2) is 0 Å². The van der Waals surface area contributed by atoms with Crippen molar-refractivity contribution in [1.82, 2.24) is 9.88 Å². The van der Waals surface area contributed by atoms with Crippen molar-refractivity contribution in [1.29, 1.82) is 5.26 Å². The van der Waals surface area contributed by atoms with Crippen LogP contribution in [0, 0.1) is 27.4 Å². The minimum absolute atomic E-state index is 0.115. The second-order valence-electron chi connectivity index (χ2n) is 4.18. The number of nitriles is 1. The number of carbonyl (C=O) groups is 1. The third kappa shape index (κ3) is 3.68.